The lowest BCUT2D eigenvalue weighted by atomic mass is 9.77. The van der Waals surface area contributed by atoms with E-state index < -0.39 is 0 Å². The molecule has 0 heteroatoms. The van der Waals surface area contributed by atoms with Gasteiger partial charge in [-0.25, -0.2) is 0 Å². The summed E-state index contributed by atoms with van der Waals surface area (Å²) >= 11 is 0. The van der Waals surface area contributed by atoms with Crippen LogP contribution in [0.1, 0.15) is 63.8 Å². The van der Waals surface area contributed by atoms with Crippen molar-refractivity contribution in [2.24, 2.45) is 0 Å². The maximum atomic E-state index is 2.53. The van der Waals surface area contributed by atoms with Gasteiger partial charge in [0.2, 0.25) is 0 Å². The van der Waals surface area contributed by atoms with E-state index in [9.17, 15) is 0 Å². The van der Waals surface area contributed by atoms with E-state index in [0.29, 0.717) is 0 Å². The average Bonchev–Trinajstić information content (AvgIpc) is 3.52. The van der Waals surface area contributed by atoms with Crippen LogP contribution in [-0.2, 0) is 17.3 Å². The van der Waals surface area contributed by atoms with E-state index in [0.717, 1.165) is 6.42 Å². The van der Waals surface area contributed by atoms with Crippen LogP contribution < -0.4 is 0 Å². The first-order chi connectivity index (χ1) is 25.5. The topological polar surface area (TPSA) is 0 Å². The Balaban J connectivity index is 1.20. The van der Waals surface area contributed by atoms with Gasteiger partial charge in [0.05, 0.1) is 0 Å². The molecule has 9 rings (SSSR count). The minimum atomic E-state index is -0.0464. The number of hydrogen-bond donors (Lipinski definition) is 0. The summed E-state index contributed by atoms with van der Waals surface area (Å²) < 4.78 is 0. The molecule has 0 saturated heterocycles. The molecule has 0 aliphatic heterocycles. The highest BCUT2D eigenvalue weighted by atomic mass is 14.3. The van der Waals surface area contributed by atoms with Gasteiger partial charge in [0, 0.05) is 0 Å². The Morgan fingerprint density at radius 3 is 1.06 bits per heavy atom. The van der Waals surface area contributed by atoms with Crippen LogP contribution in [0, 0.1) is 0 Å². The summed E-state index contributed by atoms with van der Waals surface area (Å²) in [5.74, 6) is 0. The van der Waals surface area contributed by atoms with Crippen molar-refractivity contribution >= 4 is 21.5 Å². The quantitative estimate of drug-likeness (QED) is 0.173. The van der Waals surface area contributed by atoms with Crippen LogP contribution in [-0.4, -0.2) is 0 Å². The smallest absolute Gasteiger partial charge is 0.00130 e. The van der Waals surface area contributed by atoms with E-state index in [1.807, 2.05) is 0 Å². The van der Waals surface area contributed by atoms with Crippen LogP contribution in [0.15, 0.2) is 158 Å². The highest BCUT2D eigenvalue weighted by Crippen LogP contribution is 2.49. The molecule has 0 atom stereocenters. The second-order valence-electron chi connectivity index (χ2n) is 17.0. The summed E-state index contributed by atoms with van der Waals surface area (Å²) in [4.78, 5) is 0. The molecule has 1 aliphatic carbocycles. The van der Waals surface area contributed by atoms with Crippen molar-refractivity contribution in [3.63, 3.8) is 0 Å². The summed E-state index contributed by atoms with van der Waals surface area (Å²) in [6, 6.07) is 59.2. The standard InChI is InChI=1S/C53H46/c1-52(2,3)50-32-46-40(30-48(50)44-21-13-11-19-42(44)38-25-23-34-15-7-9-17-36(34)27-38)29-41-31-49(51(33-47(41)46)53(4,5)6)45-22-14-12-20-43(45)39-26-24-35-16-8-10-18-37(35)28-39/h7-28,30-33H,29H2,1-6H3. The molecule has 0 nitrogen and oxygen atoms in total. The molecule has 8 aromatic carbocycles. The minimum Gasteiger partial charge on any atom is -0.0616 e. The van der Waals surface area contributed by atoms with E-state index in [1.165, 1.54) is 99.4 Å². The molecule has 258 valence electrons. The third kappa shape index (κ3) is 5.87. The molecule has 0 fully saturated rings. The average molecular weight is 683 g/mol. The van der Waals surface area contributed by atoms with Gasteiger partial charge < -0.3 is 0 Å². The van der Waals surface area contributed by atoms with Gasteiger partial charge in [-0.1, -0.05) is 163 Å². The van der Waals surface area contributed by atoms with Crippen molar-refractivity contribution < 1.29 is 0 Å². The molecule has 0 radical (unpaired) electrons. The zero-order valence-corrected chi connectivity index (χ0v) is 31.7. The molecule has 0 bridgehead atoms. The van der Waals surface area contributed by atoms with Crippen LogP contribution >= 0.6 is 0 Å². The van der Waals surface area contributed by atoms with Crippen LogP contribution in [0.25, 0.3) is 77.2 Å². The van der Waals surface area contributed by atoms with Gasteiger partial charge >= 0.3 is 0 Å². The first kappa shape index (κ1) is 33.1. The number of fused-ring (bicyclic) bond motifs is 5. The second kappa shape index (κ2) is 12.5. The predicted octanol–water partition coefficient (Wildman–Crippen LogP) is 14.8. The Hall–Kier alpha value is -5.72. The largest absolute Gasteiger partial charge is 0.0616 e. The van der Waals surface area contributed by atoms with Crippen LogP contribution in [0.2, 0.25) is 0 Å². The molecular weight excluding hydrogens is 637 g/mol. The molecule has 0 spiro atoms. The van der Waals surface area contributed by atoms with Gasteiger partial charge in [0.15, 0.2) is 0 Å². The van der Waals surface area contributed by atoms with Crippen LogP contribution in [0.3, 0.4) is 0 Å². The third-order valence-corrected chi connectivity index (χ3v) is 11.3. The maximum absolute atomic E-state index is 2.53. The van der Waals surface area contributed by atoms with Crippen molar-refractivity contribution in [2.75, 3.05) is 0 Å². The van der Waals surface area contributed by atoms with E-state index in [2.05, 4.69) is 199 Å². The predicted molar refractivity (Wildman–Crippen MR) is 229 cm³/mol. The Bertz CT molecular complexity index is 2520. The Labute approximate surface area is 314 Å². The van der Waals surface area contributed by atoms with Gasteiger partial charge in [-0.05, 0) is 153 Å². The first-order valence-corrected chi connectivity index (χ1v) is 19.1. The maximum Gasteiger partial charge on any atom is -0.00130 e. The lowest BCUT2D eigenvalue weighted by Gasteiger charge is -2.27. The van der Waals surface area contributed by atoms with Crippen LogP contribution in [0.4, 0.5) is 0 Å². The third-order valence-electron chi connectivity index (χ3n) is 11.3. The summed E-state index contributed by atoms with van der Waals surface area (Å²) in [5, 5.41) is 5.09. The van der Waals surface area contributed by atoms with Crippen molar-refractivity contribution in [3.05, 3.63) is 180 Å². The zero-order chi connectivity index (χ0) is 36.5. The fourth-order valence-corrected chi connectivity index (χ4v) is 8.63. The molecule has 0 unspecified atom stereocenters. The summed E-state index contributed by atoms with van der Waals surface area (Å²) in [7, 11) is 0. The fourth-order valence-electron chi connectivity index (χ4n) is 8.63. The molecule has 0 saturated carbocycles. The molecule has 1 aliphatic rings. The SMILES string of the molecule is CC(C)(C)c1cc2c(cc1-c1ccccc1-c1ccc3ccccc3c1)Cc1cc(-c3ccccc3-c3ccc4ccccc4c3)c(C(C)(C)C)cc1-2. The van der Waals surface area contributed by atoms with E-state index in [-0.39, 0.29) is 10.8 Å². The second-order valence-corrected chi connectivity index (χ2v) is 17.0. The van der Waals surface area contributed by atoms with Gasteiger partial charge in [-0.15, -0.1) is 0 Å². The summed E-state index contributed by atoms with van der Waals surface area (Å²) in [5.41, 5.74) is 18.6. The van der Waals surface area contributed by atoms with Gasteiger partial charge in [0.25, 0.3) is 0 Å². The van der Waals surface area contributed by atoms with E-state index >= 15 is 0 Å². The number of benzene rings is 8. The van der Waals surface area contributed by atoms with Crippen molar-refractivity contribution in [2.45, 2.75) is 58.8 Å². The molecular formula is C53H46. The van der Waals surface area contributed by atoms with Crippen molar-refractivity contribution in [3.8, 4) is 55.6 Å². The fraction of sp³-hybridized carbons (Fsp3) is 0.170. The summed E-state index contributed by atoms with van der Waals surface area (Å²) in [6.45, 7) is 14.2. The minimum absolute atomic E-state index is 0.0464. The highest BCUT2D eigenvalue weighted by Gasteiger charge is 2.30. The Morgan fingerprint density at radius 2 is 0.660 bits per heavy atom. The lowest BCUT2D eigenvalue weighted by molar-refractivity contribution is 0.591. The molecule has 0 amide bonds. The monoisotopic (exact) mass is 682 g/mol. The molecule has 53 heavy (non-hydrogen) atoms. The van der Waals surface area contributed by atoms with Gasteiger partial charge in [-0.3, -0.25) is 0 Å². The molecule has 0 heterocycles. The number of hydrogen-bond acceptors (Lipinski definition) is 0. The molecule has 0 aromatic heterocycles. The van der Waals surface area contributed by atoms with Crippen LogP contribution in [0.5, 0.6) is 0 Å². The molecule has 8 aromatic rings. The Kier molecular flexibility index (Phi) is 7.79. The Morgan fingerprint density at radius 1 is 0.302 bits per heavy atom. The lowest BCUT2D eigenvalue weighted by Crippen LogP contribution is -2.14. The summed E-state index contributed by atoms with van der Waals surface area (Å²) in [6.07, 6.45) is 0.926. The highest BCUT2D eigenvalue weighted by molar-refractivity contribution is 5.96. The first-order valence-electron chi connectivity index (χ1n) is 19.1. The van der Waals surface area contributed by atoms with Gasteiger partial charge in [0.1, 0.15) is 0 Å². The normalized spacial score (nSPS) is 12.6. The van der Waals surface area contributed by atoms with Gasteiger partial charge in [-0.2, -0.15) is 0 Å². The van der Waals surface area contributed by atoms with E-state index in [4.69, 9.17) is 0 Å². The zero-order valence-electron chi connectivity index (χ0n) is 31.7. The molecule has 0 N–H and O–H groups in total. The van der Waals surface area contributed by atoms with Crippen molar-refractivity contribution in [1.82, 2.24) is 0 Å². The van der Waals surface area contributed by atoms with Crippen molar-refractivity contribution in [1.29, 1.82) is 0 Å². The number of rotatable bonds is 4. The van der Waals surface area contributed by atoms with E-state index in [1.54, 1.807) is 0 Å².